The monoisotopic (exact) mass is 473 g/mol. The van der Waals surface area contributed by atoms with Gasteiger partial charge in [0.1, 0.15) is 11.6 Å². The number of nitrogens with zero attached hydrogens (tertiary/aromatic N) is 3. The van der Waals surface area contributed by atoms with Crippen molar-refractivity contribution in [1.29, 1.82) is 0 Å². The number of carbonyl (C=O) groups excluding carboxylic acids is 1. The maximum atomic E-state index is 12.8. The summed E-state index contributed by atoms with van der Waals surface area (Å²) in [6.07, 6.45) is 1.75. The molecule has 0 atom stereocenters. The predicted octanol–water partition coefficient (Wildman–Crippen LogP) is 2.86. The molecule has 8 nitrogen and oxygen atoms in total. The van der Waals surface area contributed by atoms with Crippen LogP contribution in [0.2, 0.25) is 0 Å². The Morgan fingerprint density at radius 1 is 1.24 bits per heavy atom. The molecular weight excluding hydrogens is 438 g/mol. The molecule has 1 aromatic carbocycles. The first-order chi connectivity index (χ1) is 15.9. The van der Waals surface area contributed by atoms with Gasteiger partial charge in [0.05, 0.1) is 12.2 Å². The average molecular weight is 474 g/mol. The van der Waals surface area contributed by atoms with Crippen LogP contribution in [0, 0.1) is 13.8 Å². The Bertz CT molecular complexity index is 1000. The lowest BCUT2D eigenvalue weighted by Crippen LogP contribution is -2.41. The first kappa shape index (κ1) is 25.3. The summed E-state index contributed by atoms with van der Waals surface area (Å²) < 4.78 is 8.26. The highest BCUT2D eigenvalue weighted by Crippen LogP contribution is 2.29. The third-order valence-electron chi connectivity index (χ3n) is 5.70. The van der Waals surface area contributed by atoms with Gasteiger partial charge < -0.3 is 19.9 Å². The Hall–Kier alpha value is -2.36. The molecule has 0 saturated carbocycles. The van der Waals surface area contributed by atoms with E-state index in [0.717, 1.165) is 44.8 Å². The van der Waals surface area contributed by atoms with Crippen molar-refractivity contribution in [2.24, 2.45) is 0 Å². The van der Waals surface area contributed by atoms with Crippen molar-refractivity contribution in [3.05, 3.63) is 45.4 Å². The minimum absolute atomic E-state index is 0.144. The molecule has 180 valence electrons. The highest BCUT2D eigenvalue weighted by atomic mass is 32.2. The van der Waals surface area contributed by atoms with Crippen molar-refractivity contribution < 1.29 is 9.53 Å². The summed E-state index contributed by atoms with van der Waals surface area (Å²) in [6.45, 7) is 11.1. The van der Waals surface area contributed by atoms with Crippen molar-refractivity contribution in [3.8, 4) is 17.1 Å². The maximum Gasteiger partial charge on any atom is 0.254 e. The molecule has 1 aromatic heterocycles. The fourth-order valence-electron chi connectivity index (χ4n) is 3.45. The zero-order valence-electron chi connectivity index (χ0n) is 20.1. The second-order valence-corrected chi connectivity index (χ2v) is 9.54. The number of benzene rings is 1. The van der Waals surface area contributed by atoms with Gasteiger partial charge in [-0.25, -0.2) is 9.29 Å². The lowest BCUT2D eigenvalue weighted by atomic mass is 10.1. The van der Waals surface area contributed by atoms with E-state index in [9.17, 15) is 9.59 Å². The van der Waals surface area contributed by atoms with E-state index in [0.29, 0.717) is 47.1 Å². The number of aromatic amines is 1. The van der Waals surface area contributed by atoms with Crippen LogP contribution in [0.25, 0.3) is 11.4 Å². The zero-order valence-corrected chi connectivity index (χ0v) is 20.9. The average Bonchev–Trinajstić information content (AvgIpc) is 2.81. The molecule has 0 bridgehead atoms. The van der Waals surface area contributed by atoms with Gasteiger partial charge in [-0.15, -0.1) is 0 Å². The Morgan fingerprint density at radius 3 is 2.70 bits per heavy atom. The molecule has 1 aliphatic rings. The standard InChI is InChI=1S/C24H35N5O3S/c1-5-14-32-21-8-7-19(16-20(21)22-26-18(3)17(2)23(30)27-22)24(31)25-9-6-15-33-29-12-10-28(4)11-13-29/h7-8,16H,5-6,9-15H2,1-4H3,(H,25,31)(H,26,27,30). The van der Waals surface area contributed by atoms with E-state index in [4.69, 9.17) is 4.74 Å². The number of H-pyrrole nitrogens is 1. The number of rotatable bonds is 10. The predicted molar refractivity (Wildman–Crippen MR) is 134 cm³/mol. The summed E-state index contributed by atoms with van der Waals surface area (Å²) in [6, 6.07) is 5.27. The molecule has 1 amide bonds. The third kappa shape index (κ3) is 7.06. The molecule has 1 saturated heterocycles. The van der Waals surface area contributed by atoms with Crippen LogP contribution in [0.15, 0.2) is 23.0 Å². The zero-order chi connectivity index (χ0) is 23.8. The van der Waals surface area contributed by atoms with Crippen molar-refractivity contribution in [3.63, 3.8) is 0 Å². The number of carbonyl (C=O) groups is 1. The van der Waals surface area contributed by atoms with Gasteiger partial charge in [-0.1, -0.05) is 18.9 Å². The number of ether oxygens (including phenoxy) is 1. The summed E-state index contributed by atoms with van der Waals surface area (Å²) in [5.74, 6) is 1.84. The second kappa shape index (κ2) is 12.2. The van der Waals surface area contributed by atoms with Crippen LogP contribution in [0.5, 0.6) is 5.75 Å². The first-order valence-corrected chi connectivity index (χ1v) is 12.5. The summed E-state index contributed by atoms with van der Waals surface area (Å²) in [5, 5.41) is 3.00. The van der Waals surface area contributed by atoms with Crippen LogP contribution in [0.1, 0.15) is 41.4 Å². The molecule has 2 aromatic rings. The summed E-state index contributed by atoms with van der Waals surface area (Å²) >= 11 is 1.86. The van der Waals surface area contributed by atoms with Gasteiger partial charge in [-0.2, -0.15) is 0 Å². The van der Waals surface area contributed by atoms with Gasteiger partial charge in [0, 0.05) is 55.3 Å². The molecule has 3 rings (SSSR count). The number of aromatic nitrogens is 2. The molecule has 2 heterocycles. The van der Waals surface area contributed by atoms with Gasteiger partial charge in [0.15, 0.2) is 0 Å². The molecule has 0 spiro atoms. The van der Waals surface area contributed by atoms with Crippen LogP contribution in [0.3, 0.4) is 0 Å². The van der Waals surface area contributed by atoms with E-state index < -0.39 is 0 Å². The fraction of sp³-hybridized carbons (Fsp3) is 0.542. The van der Waals surface area contributed by atoms with Crippen molar-refractivity contribution in [1.82, 2.24) is 24.5 Å². The highest BCUT2D eigenvalue weighted by molar-refractivity contribution is 7.97. The highest BCUT2D eigenvalue weighted by Gasteiger charge is 2.16. The molecular formula is C24H35N5O3S. The van der Waals surface area contributed by atoms with E-state index in [-0.39, 0.29) is 11.5 Å². The number of hydrogen-bond donors (Lipinski definition) is 2. The van der Waals surface area contributed by atoms with Crippen LogP contribution in [-0.2, 0) is 0 Å². The summed E-state index contributed by atoms with van der Waals surface area (Å²) in [4.78, 5) is 34.8. The summed E-state index contributed by atoms with van der Waals surface area (Å²) in [5.41, 5.74) is 2.18. The molecule has 1 aliphatic heterocycles. The Kier molecular flexibility index (Phi) is 9.34. The second-order valence-electron chi connectivity index (χ2n) is 8.36. The number of aryl methyl sites for hydroxylation is 1. The molecule has 9 heteroatoms. The molecule has 33 heavy (non-hydrogen) atoms. The van der Waals surface area contributed by atoms with E-state index in [1.54, 1.807) is 32.0 Å². The minimum atomic E-state index is -0.188. The van der Waals surface area contributed by atoms with Gasteiger partial charge >= 0.3 is 0 Å². The van der Waals surface area contributed by atoms with Gasteiger partial charge in [0.25, 0.3) is 11.5 Å². The number of likely N-dealkylation sites (N-methyl/N-ethyl adjacent to an activating group) is 1. The van der Waals surface area contributed by atoms with E-state index >= 15 is 0 Å². The first-order valence-electron chi connectivity index (χ1n) is 11.6. The van der Waals surface area contributed by atoms with Crippen LogP contribution >= 0.6 is 11.9 Å². The van der Waals surface area contributed by atoms with Crippen molar-refractivity contribution in [2.75, 3.05) is 52.1 Å². The lowest BCUT2D eigenvalue weighted by molar-refractivity contribution is 0.0953. The molecule has 1 fully saturated rings. The van der Waals surface area contributed by atoms with Crippen LogP contribution in [0.4, 0.5) is 0 Å². The Morgan fingerprint density at radius 2 is 2.00 bits per heavy atom. The smallest absolute Gasteiger partial charge is 0.254 e. The molecule has 0 unspecified atom stereocenters. The fourth-order valence-corrected chi connectivity index (χ4v) is 4.41. The number of piperazine rings is 1. The molecule has 0 radical (unpaired) electrons. The number of nitrogens with one attached hydrogen (secondary N) is 2. The van der Waals surface area contributed by atoms with Crippen LogP contribution in [-0.4, -0.2) is 77.2 Å². The number of amides is 1. The van der Waals surface area contributed by atoms with Crippen molar-refractivity contribution >= 4 is 17.9 Å². The van der Waals surface area contributed by atoms with Gasteiger partial charge in [-0.3, -0.25) is 9.59 Å². The van der Waals surface area contributed by atoms with E-state index in [1.807, 2.05) is 18.9 Å². The normalized spacial score (nSPS) is 14.9. The van der Waals surface area contributed by atoms with Gasteiger partial charge in [-0.05, 0) is 51.9 Å². The van der Waals surface area contributed by atoms with E-state index in [1.165, 1.54) is 0 Å². The van der Waals surface area contributed by atoms with Crippen molar-refractivity contribution in [2.45, 2.75) is 33.6 Å². The Balaban J connectivity index is 1.63. The topological polar surface area (TPSA) is 90.6 Å². The maximum absolute atomic E-state index is 12.8. The lowest BCUT2D eigenvalue weighted by Gasteiger charge is -2.31. The SMILES string of the molecule is CCCOc1ccc(C(=O)NCCCSN2CCN(C)CC2)cc1-c1nc(C)c(C)c(=O)[nH]1. The van der Waals surface area contributed by atoms with Gasteiger partial charge in [0.2, 0.25) is 0 Å². The summed E-state index contributed by atoms with van der Waals surface area (Å²) in [7, 11) is 2.15. The Labute approximate surface area is 200 Å². The van der Waals surface area contributed by atoms with E-state index in [2.05, 4.69) is 31.5 Å². The third-order valence-corrected chi connectivity index (χ3v) is 6.90. The number of hydrogen-bond acceptors (Lipinski definition) is 7. The minimum Gasteiger partial charge on any atom is -0.493 e. The van der Waals surface area contributed by atoms with Crippen LogP contribution < -0.4 is 15.6 Å². The molecule has 2 N–H and O–H groups in total. The largest absolute Gasteiger partial charge is 0.493 e. The molecule has 0 aliphatic carbocycles. The quantitative estimate of drug-likeness (QED) is 0.405.